The lowest BCUT2D eigenvalue weighted by Crippen LogP contribution is -2.32. The maximum Gasteiger partial charge on any atom is 0.257 e. The van der Waals surface area contributed by atoms with E-state index in [0.29, 0.717) is 23.0 Å². The van der Waals surface area contributed by atoms with Crippen LogP contribution in [0, 0.1) is 6.92 Å². The Morgan fingerprint density at radius 2 is 2.08 bits per heavy atom. The molecule has 25 heavy (non-hydrogen) atoms. The number of rotatable bonds is 5. The van der Waals surface area contributed by atoms with Gasteiger partial charge >= 0.3 is 0 Å². The van der Waals surface area contributed by atoms with Crippen LogP contribution < -0.4 is 20.3 Å². The van der Waals surface area contributed by atoms with Crippen LogP contribution in [0.4, 0.5) is 5.69 Å². The second-order valence-corrected chi connectivity index (χ2v) is 5.94. The zero-order valence-electron chi connectivity index (χ0n) is 14.6. The van der Waals surface area contributed by atoms with Crippen molar-refractivity contribution in [1.29, 1.82) is 0 Å². The molecule has 0 aliphatic heterocycles. The van der Waals surface area contributed by atoms with Crippen molar-refractivity contribution in [1.82, 2.24) is 9.55 Å². The summed E-state index contributed by atoms with van der Waals surface area (Å²) in [5, 5.41) is 2.78. The summed E-state index contributed by atoms with van der Waals surface area (Å²) in [4.78, 5) is 29.5. The van der Waals surface area contributed by atoms with E-state index in [1.807, 2.05) is 0 Å². The van der Waals surface area contributed by atoms with Crippen LogP contribution in [0.1, 0.15) is 23.5 Å². The van der Waals surface area contributed by atoms with E-state index < -0.39 is 0 Å². The number of hydrogen-bond acceptors (Lipinski definition) is 5. The van der Waals surface area contributed by atoms with Crippen LogP contribution in [0.2, 0.25) is 0 Å². The lowest BCUT2D eigenvalue weighted by atomic mass is 10.2. The first-order chi connectivity index (χ1) is 12.0. The SMILES string of the molecule is COc1ccc(OC)c(NC(=O)Cn2c(C)nc3c(c2=O)CCC3)c1. The average Bonchev–Trinajstić information content (AvgIpc) is 3.07. The Labute approximate surface area is 145 Å². The number of benzene rings is 1. The third kappa shape index (κ3) is 3.35. The van der Waals surface area contributed by atoms with Crippen molar-refractivity contribution in [2.75, 3.05) is 19.5 Å². The number of anilines is 1. The van der Waals surface area contributed by atoms with Crippen molar-refractivity contribution in [3.8, 4) is 11.5 Å². The molecule has 1 aliphatic carbocycles. The Kier molecular flexibility index (Phi) is 4.74. The van der Waals surface area contributed by atoms with Gasteiger partial charge in [-0.2, -0.15) is 0 Å². The summed E-state index contributed by atoms with van der Waals surface area (Å²) in [5.41, 5.74) is 1.98. The number of fused-ring (bicyclic) bond motifs is 1. The van der Waals surface area contributed by atoms with E-state index in [9.17, 15) is 9.59 Å². The number of aryl methyl sites for hydroxylation is 2. The van der Waals surface area contributed by atoms with Crippen LogP contribution in [0.15, 0.2) is 23.0 Å². The molecule has 1 aliphatic rings. The first-order valence-electron chi connectivity index (χ1n) is 8.14. The van der Waals surface area contributed by atoms with Gasteiger partial charge in [0.05, 0.1) is 25.6 Å². The van der Waals surface area contributed by atoms with Crippen molar-refractivity contribution in [3.05, 3.63) is 45.6 Å². The van der Waals surface area contributed by atoms with Gasteiger partial charge in [0.25, 0.3) is 5.56 Å². The summed E-state index contributed by atoms with van der Waals surface area (Å²) >= 11 is 0. The predicted octanol–water partition coefficient (Wildman–Crippen LogP) is 1.70. The minimum Gasteiger partial charge on any atom is -0.497 e. The summed E-state index contributed by atoms with van der Waals surface area (Å²) in [6.45, 7) is 1.66. The lowest BCUT2D eigenvalue weighted by Gasteiger charge is -2.14. The largest absolute Gasteiger partial charge is 0.497 e. The number of carbonyl (C=O) groups excluding carboxylic acids is 1. The van der Waals surface area contributed by atoms with Crippen molar-refractivity contribution >= 4 is 11.6 Å². The van der Waals surface area contributed by atoms with Gasteiger partial charge in [0, 0.05) is 11.6 Å². The van der Waals surface area contributed by atoms with E-state index in [1.54, 1.807) is 32.2 Å². The monoisotopic (exact) mass is 343 g/mol. The van der Waals surface area contributed by atoms with Crippen molar-refractivity contribution in [2.45, 2.75) is 32.7 Å². The molecule has 0 bridgehead atoms. The maximum atomic E-state index is 12.6. The van der Waals surface area contributed by atoms with Crippen molar-refractivity contribution < 1.29 is 14.3 Å². The minimum atomic E-state index is -0.323. The molecule has 0 spiro atoms. The smallest absolute Gasteiger partial charge is 0.257 e. The van der Waals surface area contributed by atoms with E-state index in [4.69, 9.17) is 9.47 Å². The Morgan fingerprint density at radius 3 is 2.80 bits per heavy atom. The molecule has 0 saturated carbocycles. The van der Waals surface area contributed by atoms with Gasteiger partial charge in [-0.15, -0.1) is 0 Å². The van der Waals surface area contributed by atoms with E-state index in [2.05, 4.69) is 10.3 Å². The zero-order chi connectivity index (χ0) is 18.0. The highest BCUT2D eigenvalue weighted by Gasteiger charge is 2.20. The molecule has 0 fully saturated rings. The molecule has 0 unspecified atom stereocenters. The average molecular weight is 343 g/mol. The first kappa shape index (κ1) is 17.0. The van der Waals surface area contributed by atoms with Crippen LogP contribution in [0.3, 0.4) is 0 Å². The molecule has 0 atom stereocenters. The normalized spacial score (nSPS) is 12.6. The van der Waals surface area contributed by atoms with Crippen molar-refractivity contribution in [2.24, 2.45) is 0 Å². The van der Waals surface area contributed by atoms with Crippen molar-refractivity contribution in [3.63, 3.8) is 0 Å². The fraction of sp³-hybridized carbons (Fsp3) is 0.389. The predicted molar refractivity (Wildman–Crippen MR) is 93.4 cm³/mol. The number of carbonyl (C=O) groups is 1. The number of amides is 1. The number of ether oxygens (including phenoxy) is 2. The van der Waals surface area contributed by atoms with Gasteiger partial charge in [0.1, 0.15) is 23.9 Å². The molecular formula is C18H21N3O4. The van der Waals surface area contributed by atoms with Gasteiger partial charge in [-0.3, -0.25) is 14.2 Å². The molecule has 7 nitrogen and oxygen atoms in total. The highest BCUT2D eigenvalue weighted by atomic mass is 16.5. The summed E-state index contributed by atoms with van der Waals surface area (Å²) in [6.07, 6.45) is 2.50. The fourth-order valence-electron chi connectivity index (χ4n) is 3.08. The third-order valence-electron chi connectivity index (χ3n) is 4.36. The fourth-order valence-corrected chi connectivity index (χ4v) is 3.08. The topological polar surface area (TPSA) is 82.4 Å². The van der Waals surface area contributed by atoms with Gasteiger partial charge in [-0.05, 0) is 38.3 Å². The van der Waals surface area contributed by atoms with Crippen LogP contribution in [-0.4, -0.2) is 29.7 Å². The molecule has 7 heteroatoms. The number of nitrogens with zero attached hydrogens (tertiary/aromatic N) is 2. The molecule has 0 radical (unpaired) electrons. The summed E-state index contributed by atoms with van der Waals surface area (Å²) in [5.74, 6) is 1.35. The van der Waals surface area contributed by atoms with Gasteiger partial charge in [-0.25, -0.2) is 4.98 Å². The Morgan fingerprint density at radius 1 is 1.28 bits per heavy atom. The van der Waals surface area contributed by atoms with E-state index in [1.165, 1.54) is 11.7 Å². The van der Waals surface area contributed by atoms with Gasteiger partial charge in [0.15, 0.2) is 0 Å². The Bertz CT molecular complexity index is 873. The van der Waals surface area contributed by atoms with E-state index >= 15 is 0 Å². The molecule has 1 aromatic heterocycles. The molecule has 1 heterocycles. The first-order valence-corrected chi connectivity index (χ1v) is 8.14. The van der Waals surface area contributed by atoms with Crippen LogP contribution in [0.5, 0.6) is 11.5 Å². The molecule has 1 N–H and O–H groups in total. The Balaban J connectivity index is 1.84. The molecule has 1 aromatic carbocycles. The third-order valence-corrected chi connectivity index (χ3v) is 4.36. The molecule has 3 rings (SSSR count). The molecule has 1 amide bonds. The highest BCUT2D eigenvalue weighted by molar-refractivity contribution is 5.92. The minimum absolute atomic E-state index is 0.0920. The van der Waals surface area contributed by atoms with Crippen LogP contribution >= 0.6 is 0 Å². The second-order valence-electron chi connectivity index (χ2n) is 5.94. The molecule has 132 valence electrons. The van der Waals surface area contributed by atoms with Crippen LogP contribution in [0.25, 0.3) is 0 Å². The molecular weight excluding hydrogens is 322 g/mol. The second kappa shape index (κ2) is 6.96. The zero-order valence-corrected chi connectivity index (χ0v) is 14.6. The number of methoxy groups -OCH3 is 2. The maximum absolute atomic E-state index is 12.6. The molecule has 2 aromatic rings. The summed E-state index contributed by atoms with van der Waals surface area (Å²) < 4.78 is 11.8. The standard InChI is InChI=1S/C18H21N3O4/c1-11-19-14-6-4-5-13(14)18(23)21(11)10-17(22)20-15-9-12(24-2)7-8-16(15)25-3/h7-9H,4-6,10H2,1-3H3,(H,20,22). The van der Waals surface area contributed by atoms with E-state index in [0.717, 1.165) is 30.5 Å². The van der Waals surface area contributed by atoms with Gasteiger partial charge in [-0.1, -0.05) is 0 Å². The van der Waals surface area contributed by atoms with Crippen LogP contribution in [-0.2, 0) is 24.2 Å². The number of nitrogens with one attached hydrogen (secondary N) is 1. The summed E-state index contributed by atoms with van der Waals surface area (Å²) in [6, 6.07) is 5.13. The number of hydrogen-bond donors (Lipinski definition) is 1. The van der Waals surface area contributed by atoms with E-state index in [-0.39, 0.29) is 18.0 Å². The van der Waals surface area contributed by atoms with Gasteiger partial charge < -0.3 is 14.8 Å². The van der Waals surface area contributed by atoms with Gasteiger partial charge in [0.2, 0.25) is 5.91 Å². The lowest BCUT2D eigenvalue weighted by molar-refractivity contribution is -0.116. The number of aromatic nitrogens is 2. The Hall–Kier alpha value is -2.83. The highest BCUT2D eigenvalue weighted by Crippen LogP contribution is 2.28. The summed E-state index contributed by atoms with van der Waals surface area (Å²) in [7, 11) is 3.07. The quantitative estimate of drug-likeness (QED) is 0.893. The molecule has 0 saturated heterocycles.